The van der Waals surface area contributed by atoms with E-state index < -0.39 is 5.95 Å². The molecule has 0 aliphatic heterocycles. The second-order valence-electron chi connectivity index (χ2n) is 2.68. The molecule has 1 aromatic rings. The third-order valence-corrected chi connectivity index (χ3v) is 1.53. The summed E-state index contributed by atoms with van der Waals surface area (Å²) >= 11 is 0. The number of aromatic nitrogens is 1. The molecular formula is C10H10FN3O. The van der Waals surface area contributed by atoms with Gasteiger partial charge >= 0.3 is 0 Å². The van der Waals surface area contributed by atoms with Gasteiger partial charge in [-0.05, 0) is 12.1 Å². The largest absolute Gasteiger partial charge is 0.361 e. The van der Waals surface area contributed by atoms with E-state index in [0.717, 1.165) is 0 Å². The van der Waals surface area contributed by atoms with Crippen LogP contribution in [0.15, 0.2) is 18.2 Å². The molecule has 0 fully saturated rings. The van der Waals surface area contributed by atoms with Crippen LogP contribution >= 0.6 is 0 Å². The maximum absolute atomic E-state index is 12.6. The van der Waals surface area contributed by atoms with E-state index in [0.29, 0.717) is 5.82 Å². The number of rotatable bonds is 4. The van der Waals surface area contributed by atoms with Crippen molar-refractivity contribution in [1.29, 1.82) is 0 Å². The third kappa shape index (κ3) is 4.09. The molecule has 1 amide bonds. The molecule has 0 atom stereocenters. The summed E-state index contributed by atoms with van der Waals surface area (Å²) in [4.78, 5) is 14.6. The Morgan fingerprint density at radius 3 is 3.07 bits per heavy atom. The van der Waals surface area contributed by atoms with Crippen LogP contribution in [0.5, 0.6) is 0 Å². The summed E-state index contributed by atoms with van der Waals surface area (Å²) in [6, 6.07) is 4.30. The SMILES string of the molecule is C#CCNC(=O)CNc1cccc(F)n1. The molecule has 0 aromatic carbocycles. The number of carbonyl (C=O) groups excluding carboxylic acids is 1. The maximum Gasteiger partial charge on any atom is 0.240 e. The number of hydrogen-bond acceptors (Lipinski definition) is 3. The highest BCUT2D eigenvalue weighted by molar-refractivity contribution is 5.80. The van der Waals surface area contributed by atoms with E-state index in [1.165, 1.54) is 12.1 Å². The highest BCUT2D eigenvalue weighted by Crippen LogP contribution is 2.02. The summed E-state index contributed by atoms with van der Waals surface area (Å²) in [7, 11) is 0. The molecule has 0 bridgehead atoms. The number of nitrogens with one attached hydrogen (secondary N) is 2. The lowest BCUT2D eigenvalue weighted by atomic mass is 10.4. The van der Waals surface area contributed by atoms with Gasteiger partial charge < -0.3 is 10.6 Å². The van der Waals surface area contributed by atoms with Gasteiger partial charge in [0, 0.05) is 0 Å². The van der Waals surface area contributed by atoms with E-state index in [4.69, 9.17) is 6.42 Å². The van der Waals surface area contributed by atoms with Gasteiger partial charge in [-0.1, -0.05) is 12.0 Å². The predicted molar refractivity (Wildman–Crippen MR) is 54.5 cm³/mol. The standard InChI is InChI=1S/C10H10FN3O/c1-2-6-12-10(15)7-13-9-5-3-4-8(11)14-9/h1,3-5H,6-7H2,(H,12,15)(H,13,14). The van der Waals surface area contributed by atoms with Gasteiger partial charge in [-0.15, -0.1) is 6.42 Å². The normalized spacial score (nSPS) is 9.07. The fourth-order valence-electron chi connectivity index (χ4n) is 0.890. The average Bonchev–Trinajstić information content (AvgIpc) is 2.23. The van der Waals surface area contributed by atoms with Crippen molar-refractivity contribution in [1.82, 2.24) is 10.3 Å². The van der Waals surface area contributed by atoms with Crippen LogP contribution in [0.3, 0.4) is 0 Å². The maximum atomic E-state index is 12.6. The first-order chi connectivity index (χ1) is 7.22. The van der Waals surface area contributed by atoms with Crippen LogP contribution in [-0.2, 0) is 4.79 Å². The minimum absolute atomic E-state index is 0.0120. The van der Waals surface area contributed by atoms with Gasteiger partial charge in [0.25, 0.3) is 0 Å². The number of anilines is 1. The van der Waals surface area contributed by atoms with Crippen LogP contribution in [0.25, 0.3) is 0 Å². The smallest absolute Gasteiger partial charge is 0.240 e. The molecule has 2 N–H and O–H groups in total. The van der Waals surface area contributed by atoms with Gasteiger partial charge in [0.2, 0.25) is 11.9 Å². The van der Waals surface area contributed by atoms with E-state index in [1.54, 1.807) is 6.07 Å². The Morgan fingerprint density at radius 1 is 1.60 bits per heavy atom. The Kier molecular flexibility index (Phi) is 4.10. The van der Waals surface area contributed by atoms with Gasteiger partial charge in [0.05, 0.1) is 13.1 Å². The van der Waals surface area contributed by atoms with E-state index in [1.807, 2.05) is 0 Å². The average molecular weight is 207 g/mol. The summed E-state index contributed by atoms with van der Waals surface area (Å²) in [6.45, 7) is 0.190. The molecule has 0 saturated carbocycles. The Morgan fingerprint density at radius 2 is 2.40 bits per heavy atom. The topological polar surface area (TPSA) is 54.0 Å². The number of nitrogens with zero attached hydrogens (tertiary/aromatic N) is 1. The molecule has 1 heterocycles. The summed E-state index contributed by atoms with van der Waals surface area (Å²) in [5, 5.41) is 5.12. The van der Waals surface area contributed by atoms with Gasteiger partial charge in [0.15, 0.2) is 0 Å². The van der Waals surface area contributed by atoms with Gasteiger partial charge in [-0.2, -0.15) is 4.39 Å². The molecule has 1 aromatic heterocycles. The van der Waals surface area contributed by atoms with Crippen molar-refractivity contribution in [3.63, 3.8) is 0 Å². The van der Waals surface area contributed by atoms with Gasteiger partial charge in [-0.25, -0.2) is 4.98 Å². The fourth-order valence-corrected chi connectivity index (χ4v) is 0.890. The molecule has 1 rings (SSSR count). The molecule has 0 radical (unpaired) electrons. The lowest BCUT2D eigenvalue weighted by Gasteiger charge is -2.04. The van der Waals surface area contributed by atoms with Crippen molar-refractivity contribution in [2.75, 3.05) is 18.4 Å². The van der Waals surface area contributed by atoms with Crippen molar-refractivity contribution in [3.8, 4) is 12.3 Å². The fraction of sp³-hybridized carbons (Fsp3) is 0.200. The second-order valence-corrected chi connectivity index (χ2v) is 2.68. The summed E-state index contributed by atoms with van der Waals surface area (Å²) < 4.78 is 12.6. The zero-order valence-corrected chi connectivity index (χ0v) is 7.96. The molecule has 4 nitrogen and oxygen atoms in total. The molecule has 0 spiro atoms. The summed E-state index contributed by atoms with van der Waals surface area (Å²) in [6.07, 6.45) is 4.96. The highest BCUT2D eigenvalue weighted by Gasteiger charge is 2.00. The number of hydrogen-bond donors (Lipinski definition) is 2. The monoisotopic (exact) mass is 207 g/mol. The first-order valence-electron chi connectivity index (χ1n) is 4.29. The Bertz CT molecular complexity index is 386. The van der Waals surface area contributed by atoms with Crippen molar-refractivity contribution < 1.29 is 9.18 Å². The number of halogens is 1. The van der Waals surface area contributed by atoms with Crippen LogP contribution in [-0.4, -0.2) is 24.0 Å². The minimum atomic E-state index is -0.593. The molecule has 78 valence electrons. The predicted octanol–water partition coefficient (Wildman–Crippen LogP) is 0.382. The van der Waals surface area contributed by atoms with Crippen LogP contribution < -0.4 is 10.6 Å². The Labute approximate surface area is 86.9 Å². The van der Waals surface area contributed by atoms with Crippen LogP contribution in [0.2, 0.25) is 0 Å². The highest BCUT2D eigenvalue weighted by atomic mass is 19.1. The Hall–Kier alpha value is -2.09. The number of pyridine rings is 1. The van der Waals surface area contributed by atoms with E-state index >= 15 is 0 Å². The van der Waals surface area contributed by atoms with Crippen LogP contribution in [0, 0.1) is 18.3 Å². The summed E-state index contributed by atoms with van der Waals surface area (Å²) in [5.41, 5.74) is 0. The van der Waals surface area contributed by atoms with Crippen molar-refractivity contribution >= 4 is 11.7 Å². The van der Waals surface area contributed by atoms with E-state index in [9.17, 15) is 9.18 Å². The number of amides is 1. The first kappa shape index (κ1) is 11.0. The van der Waals surface area contributed by atoms with Crippen molar-refractivity contribution in [2.24, 2.45) is 0 Å². The van der Waals surface area contributed by atoms with E-state index in [2.05, 4.69) is 21.5 Å². The Balaban J connectivity index is 2.37. The van der Waals surface area contributed by atoms with E-state index in [-0.39, 0.29) is 19.0 Å². The molecule has 15 heavy (non-hydrogen) atoms. The van der Waals surface area contributed by atoms with Gasteiger partial charge in [0.1, 0.15) is 5.82 Å². The van der Waals surface area contributed by atoms with Crippen LogP contribution in [0.4, 0.5) is 10.2 Å². The third-order valence-electron chi connectivity index (χ3n) is 1.53. The molecule has 5 heteroatoms. The second kappa shape index (κ2) is 5.60. The van der Waals surface area contributed by atoms with Crippen molar-refractivity contribution in [3.05, 3.63) is 24.1 Å². The first-order valence-corrected chi connectivity index (χ1v) is 4.29. The molecule has 0 aliphatic carbocycles. The van der Waals surface area contributed by atoms with Gasteiger partial charge in [-0.3, -0.25) is 4.79 Å². The molecular weight excluding hydrogens is 197 g/mol. The zero-order valence-electron chi connectivity index (χ0n) is 7.96. The summed E-state index contributed by atoms with van der Waals surface area (Å²) in [5.74, 6) is 1.72. The molecule has 0 aliphatic rings. The molecule has 0 saturated heterocycles. The van der Waals surface area contributed by atoms with Crippen LogP contribution in [0.1, 0.15) is 0 Å². The number of carbonyl (C=O) groups is 1. The van der Waals surface area contributed by atoms with Crippen molar-refractivity contribution in [2.45, 2.75) is 0 Å². The minimum Gasteiger partial charge on any atom is -0.361 e. The lowest BCUT2D eigenvalue weighted by Crippen LogP contribution is -2.30. The lowest BCUT2D eigenvalue weighted by molar-refractivity contribution is -0.119. The molecule has 0 unspecified atom stereocenters. The zero-order chi connectivity index (χ0) is 11.1. The quantitative estimate of drug-likeness (QED) is 0.554. The number of terminal acetylenes is 1.